The highest BCUT2D eigenvalue weighted by atomic mass is 32.2. The number of hydrogen-bond donors (Lipinski definition) is 1. The third-order valence-corrected chi connectivity index (χ3v) is 5.81. The highest BCUT2D eigenvalue weighted by molar-refractivity contribution is 7.90. The Morgan fingerprint density at radius 3 is 2.77 bits per heavy atom. The summed E-state index contributed by atoms with van der Waals surface area (Å²) in [5.41, 5.74) is 3.14. The van der Waals surface area contributed by atoms with E-state index in [9.17, 15) is 13.2 Å². The molecule has 0 saturated heterocycles. The minimum absolute atomic E-state index is 0.257. The second kappa shape index (κ2) is 6.07. The van der Waals surface area contributed by atoms with Crippen molar-refractivity contribution in [2.24, 2.45) is 7.05 Å². The molecule has 1 aliphatic rings. The third kappa shape index (κ3) is 2.95. The maximum atomic E-state index is 12.2. The Morgan fingerprint density at radius 2 is 2.04 bits per heavy atom. The predicted molar refractivity (Wildman–Crippen MR) is 98.7 cm³/mol. The second-order valence-electron chi connectivity index (χ2n) is 6.78. The Labute approximate surface area is 151 Å². The van der Waals surface area contributed by atoms with Gasteiger partial charge in [-0.1, -0.05) is 18.2 Å². The Kier molecular flexibility index (Phi) is 3.96. The van der Waals surface area contributed by atoms with Gasteiger partial charge in [0.25, 0.3) is 5.56 Å². The molecule has 7 nitrogen and oxygen atoms in total. The van der Waals surface area contributed by atoms with Crippen LogP contribution >= 0.6 is 0 Å². The number of benzene rings is 1. The van der Waals surface area contributed by atoms with E-state index in [0.717, 1.165) is 12.8 Å². The third-order valence-electron chi connectivity index (χ3n) is 4.92. The van der Waals surface area contributed by atoms with Crippen molar-refractivity contribution >= 4 is 20.7 Å². The number of aryl methyl sites for hydroxylation is 1. The smallest absolute Gasteiger partial charge is 0.255 e. The van der Waals surface area contributed by atoms with Crippen molar-refractivity contribution < 1.29 is 8.42 Å². The van der Waals surface area contributed by atoms with E-state index in [1.807, 2.05) is 19.2 Å². The summed E-state index contributed by atoms with van der Waals surface area (Å²) >= 11 is 0. The molecule has 0 bridgehead atoms. The zero-order chi connectivity index (χ0) is 18.5. The molecular formula is C18H20N4O3S. The molecule has 3 heterocycles. The van der Waals surface area contributed by atoms with Gasteiger partial charge in [-0.2, -0.15) is 0 Å². The van der Waals surface area contributed by atoms with Gasteiger partial charge in [0.05, 0.1) is 5.69 Å². The van der Waals surface area contributed by atoms with Crippen molar-refractivity contribution in [2.75, 3.05) is 12.8 Å². The second-order valence-corrected chi connectivity index (χ2v) is 8.71. The van der Waals surface area contributed by atoms with Crippen molar-refractivity contribution in [1.29, 1.82) is 0 Å². The summed E-state index contributed by atoms with van der Waals surface area (Å²) in [6.07, 6.45) is 1.61. The van der Waals surface area contributed by atoms with Crippen molar-refractivity contribution in [3.63, 3.8) is 0 Å². The minimum atomic E-state index is -3.55. The van der Waals surface area contributed by atoms with Crippen LogP contribution in [-0.4, -0.2) is 40.7 Å². The van der Waals surface area contributed by atoms with Gasteiger partial charge in [0.15, 0.2) is 0 Å². The molecule has 0 atom stereocenters. The van der Waals surface area contributed by atoms with Crippen molar-refractivity contribution in [1.82, 2.24) is 19.4 Å². The van der Waals surface area contributed by atoms with Crippen LogP contribution < -0.4 is 5.56 Å². The van der Waals surface area contributed by atoms with Gasteiger partial charge in [0.1, 0.15) is 0 Å². The molecule has 1 N–H and O–H groups in total. The van der Waals surface area contributed by atoms with Gasteiger partial charge in [-0.05, 0) is 23.9 Å². The van der Waals surface area contributed by atoms with E-state index in [1.165, 1.54) is 16.6 Å². The number of sulfone groups is 1. The molecular weight excluding hydrogens is 352 g/mol. The quantitative estimate of drug-likeness (QED) is 0.699. The molecule has 0 saturated carbocycles. The first-order chi connectivity index (χ1) is 12.3. The van der Waals surface area contributed by atoms with E-state index in [1.54, 1.807) is 0 Å². The lowest BCUT2D eigenvalue weighted by Gasteiger charge is -2.27. The summed E-state index contributed by atoms with van der Waals surface area (Å²) in [5.74, 6) is 0. The molecule has 0 radical (unpaired) electrons. The molecule has 1 aromatic carbocycles. The number of nitrogens with one attached hydrogen (secondary N) is 1. The van der Waals surface area contributed by atoms with Gasteiger partial charge in [-0.3, -0.25) is 14.7 Å². The number of aromatic nitrogens is 3. The number of nitrogens with zero attached hydrogens (tertiary/aromatic N) is 3. The average molecular weight is 372 g/mol. The van der Waals surface area contributed by atoms with Crippen LogP contribution in [0.2, 0.25) is 0 Å². The Bertz CT molecular complexity index is 1160. The molecule has 136 valence electrons. The van der Waals surface area contributed by atoms with Gasteiger partial charge >= 0.3 is 0 Å². The van der Waals surface area contributed by atoms with Crippen LogP contribution in [0.5, 0.6) is 0 Å². The van der Waals surface area contributed by atoms with Crippen molar-refractivity contribution in [3.8, 4) is 0 Å². The van der Waals surface area contributed by atoms with Gasteiger partial charge in [-0.25, -0.2) is 13.4 Å². The van der Waals surface area contributed by atoms with Gasteiger partial charge in [0, 0.05) is 49.7 Å². The van der Waals surface area contributed by atoms with Crippen LogP contribution in [0, 0.1) is 0 Å². The van der Waals surface area contributed by atoms with Crippen LogP contribution in [0.25, 0.3) is 10.9 Å². The maximum absolute atomic E-state index is 12.2. The molecule has 0 unspecified atom stereocenters. The monoisotopic (exact) mass is 372 g/mol. The summed E-state index contributed by atoms with van der Waals surface area (Å²) in [6.45, 7) is 1.91. The fraction of sp³-hybridized carbons (Fsp3) is 0.333. The van der Waals surface area contributed by atoms with Gasteiger partial charge < -0.3 is 4.57 Å². The normalized spacial score (nSPS) is 15.3. The number of aromatic amines is 1. The fourth-order valence-electron chi connectivity index (χ4n) is 3.51. The lowest BCUT2D eigenvalue weighted by molar-refractivity contribution is 0.234. The first kappa shape index (κ1) is 17.0. The maximum Gasteiger partial charge on any atom is 0.255 e. The number of para-hydroxylation sites is 1. The zero-order valence-electron chi connectivity index (χ0n) is 14.7. The number of H-pyrrole nitrogens is 1. The standard InChI is InChI=1S/C18H20N4O3S/c1-21-13(9-12-5-3-4-6-16(12)21)10-22-8-7-14-15(11-22)19-18(20-17(14)23)26(2,24)25/h3-6,9H,7-8,10-11H2,1-2H3,(H,19,20,23). The topological polar surface area (TPSA) is 88.1 Å². The predicted octanol–water partition coefficient (Wildman–Crippen LogP) is 1.22. The highest BCUT2D eigenvalue weighted by Crippen LogP contribution is 2.22. The molecule has 8 heteroatoms. The average Bonchev–Trinajstić information content (AvgIpc) is 2.90. The van der Waals surface area contributed by atoms with Crippen molar-refractivity contribution in [3.05, 3.63) is 57.6 Å². The van der Waals surface area contributed by atoms with Crippen molar-refractivity contribution in [2.45, 2.75) is 24.7 Å². The fourth-order valence-corrected chi connectivity index (χ4v) is 4.06. The molecule has 0 fully saturated rings. The van der Waals surface area contributed by atoms with E-state index in [2.05, 4.69) is 37.6 Å². The van der Waals surface area contributed by atoms with E-state index in [0.29, 0.717) is 30.8 Å². The van der Waals surface area contributed by atoms with Gasteiger partial charge in [-0.15, -0.1) is 0 Å². The lowest BCUT2D eigenvalue weighted by Crippen LogP contribution is -2.36. The molecule has 26 heavy (non-hydrogen) atoms. The summed E-state index contributed by atoms with van der Waals surface area (Å²) in [7, 11) is -1.51. The van der Waals surface area contributed by atoms with E-state index >= 15 is 0 Å². The van der Waals surface area contributed by atoms with E-state index < -0.39 is 9.84 Å². The SMILES string of the molecule is Cn1c(CN2CCc3c(nc(S(C)(=O)=O)[nH]c3=O)C2)cc2ccccc21. The Hall–Kier alpha value is -2.45. The van der Waals surface area contributed by atoms with E-state index in [-0.39, 0.29) is 10.7 Å². The lowest BCUT2D eigenvalue weighted by atomic mass is 10.1. The molecule has 0 amide bonds. The molecule has 3 aromatic rings. The number of hydrogen-bond acceptors (Lipinski definition) is 5. The number of rotatable bonds is 3. The molecule has 2 aromatic heterocycles. The zero-order valence-corrected chi connectivity index (χ0v) is 15.5. The van der Waals surface area contributed by atoms with Crippen LogP contribution in [0.1, 0.15) is 17.0 Å². The Morgan fingerprint density at radius 1 is 1.27 bits per heavy atom. The minimum Gasteiger partial charge on any atom is -0.346 e. The largest absolute Gasteiger partial charge is 0.346 e. The highest BCUT2D eigenvalue weighted by Gasteiger charge is 2.24. The summed E-state index contributed by atoms with van der Waals surface area (Å²) in [5, 5.41) is 0.934. The van der Waals surface area contributed by atoms with Crippen LogP contribution in [0.3, 0.4) is 0 Å². The molecule has 0 spiro atoms. The number of fused-ring (bicyclic) bond motifs is 2. The first-order valence-electron chi connectivity index (χ1n) is 8.41. The first-order valence-corrected chi connectivity index (χ1v) is 10.3. The van der Waals surface area contributed by atoms with Crippen LogP contribution in [0.4, 0.5) is 0 Å². The summed E-state index contributed by atoms with van der Waals surface area (Å²) in [4.78, 5) is 21.0. The van der Waals surface area contributed by atoms with Gasteiger partial charge in [0.2, 0.25) is 15.0 Å². The van der Waals surface area contributed by atoms with Crippen LogP contribution in [0.15, 0.2) is 40.3 Å². The molecule has 4 rings (SSSR count). The van der Waals surface area contributed by atoms with Crippen LogP contribution in [-0.2, 0) is 36.4 Å². The Balaban J connectivity index is 1.65. The van der Waals surface area contributed by atoms with E-state index in [4.69, 9.17) is 0 Å². The summed E-state index contributed by atoms with van der Waals surface area (Å²) < 4.78 is 25.6. The summed E-state index contributed by atoms with van der Waals surface area (Å²) in [6, 6.07) is 10.4. The molecule has 0 aliphatic carbocycles. The molecule has 1 aliphatic heterocycles.